The molecule has 1 aromatic heterocycles. The number of benzene rings is 1. The molecular weight excluding hydrogens is 378 g/mol. The van der Waals surface area contributed by atoms with Gasteiger partial charge < -0.3 is 25.0 Å². The van der Waals surface area contributed by atoms with Gasteiger partial charge in [0, 0.05) is 11.4 Å². The molecule has 4 rings (SSSR count). The van der Waals surface area contributed by atoms with Crippen molar-refractivity contribution in [1.82, 2.24) is 10.2 Å². The van der Waals surface area contributed by atoms with Crippen LogP contribution in [-0.4, -0.2) is 36.7 Å². The first-order valence-electron chi connectivity index (χ1n) is 9.47. The van der Waals surface area contributed by atoms with Crippen molar-refractivity contribution in [2.75, 3.05) is 25.1 Å². The molecule has 1 aromatic carbocycles. The molecule has 0 saturated carbocycles. The smallest absolute Gasteiger partial charge is 0.410 e. The number of anilines is 1. The first-order valence-corrected chi connectivity index (χ1v) is 10.3. The highest BCUT2D eigenvalue weighted by molar-refractivity contribution is 7.16. The molecule has 0 unspecified atom stereocenters. The second-order valence-corrected chi connectivity index (χ2v) is 7.74. The van der Waals surface area contributed by atoms with Gasteiger partial charge in [-0.2, -0.15) is 0 Å². The molecule has 0 saturated heterocycles. The third-order valence-corrected chi connectivity index (χ3v) is 6.03. The largest absolute Gasteiger partial charge is 0.494 e. The molecule has 0 fully saturated rings. The van der Waals surface area contributed by atoms with Gasteiger partial charge in [0.2, 0.25) is 0 Å². The van der Waals surface area contributed by atoms with E-state index in [0.29, 0.717) is 38.3 Å². The van der Waals surface area contributed by atoms with Gasteiger partial charge in [0.25, 0.3) is 5.91 Å². The van der Waals surface area contributed by atoms with E-state index in [4.69, 9.17) is 9.47 Å². The Labute approximate surface area is 167 Å². The maximum Gasteiger partial charge on any atom is 0.410 e. The summed E-state index contributed by atoms with van der Waals surface area (Å²) in [4.78, 5) is 27.6. The van der Waals surface area contributed by atoms with Gasteiger partial charge in [0.1, 0.15) is 16.9 Å². The summed E-state index contributed by atoms with van der Waals surface area (Å²) in [7, 11) is 0. The summed E-state index contributed by atoms with van der Waals surface area (Å²) < 4.78 is 10.6. The maximum atomic E-state index is 12.8. The van der Waals surface area contributed by atoms with Crippen LogP contribution >= 0.6 is 11.3 Å². The molecule has 7 nitrogen and oxygen atoms in total. The molecule has 2 aliphatic rings. The minimum atomic E-state index is -0.302. The van der Waals surface area contributed by atoms with E-state index in [0.717, 1.165) is 26.8 Å². The maximum absolute atomic E-state index is 12.8. The molecule has 148 valence electrons. The molecule has 28 heavy (non-hydrogen) atoms. The summed E-state index contributed by atoms with van der Waals surface area (Å²) in [6.07, 6.45) is 0.0594. The summed E-state index contributed by atoms with van der Waals surface area (Å²) in [6, 6.07) is 7.70. The van der Waals surface area contributed by atoms with Crippen molar-refractivity contribution in [3.8, 4) is 5.75 Å². The van der Waals surface area contributed by atoms with Crippen molar-refractivity contribution in [3.63, 3.8) is 0 Å². The molecule has 0 aliphatic carbocycles. The number of nitrogens with one attached hydrogen (secondary N) is 2. The highest BCUT2D eigenvalue weighted by Crippen LogP contribution is 2.40. The number of hydrogen-bond acceptors (Lipinski definition) is 6. The van der Waals surface area contributed by atoms with Gasteiger partial charge in [-0.1, -0.05) is 12.1 Å². The Balaban J connectivity index is 1.55. The fraction of sp³-hybridized carbons (Fsp3) is 0.400. The van der Waals surface area contributed by atoms with E-state index in [-0.39, 0.29) is 18.2 Å². The zero-order valence-corrected chi connectivity index (χ0v) is 16.7. The highest BCUT2D eigenvalue weighted by Gasteiger charge is 2.34. The number of ether oxygens (including phenoxy) is 2. The first kappa shape index (κ1) is 18.6. The minimum Gasteiger partial charge on any atom is -0.494 e. The van der Waals surface area contributed by atoms with Crippen LogP contribution in [0.5, 0.6) is 5.75 Å². The summed E-state index contributed by atoms with van der Waals surface area (Å²) >= 11 is 1.54. The molecule has 8 heteroatoms. The number of fused-ring (bicyclic) bond motifs is 3. The quantitative estimate of drug-likeness (QED) is 0.820. The van der Waals surface area contributed by atoms with Gasteiger partial charge >= 0.3 is 6.09 Å². The standard InChI is InChI=1S/C20H23N3O4S/c1-3-26-13-7-5-12(6-8-13)17-21-18(24)16-14-9-10-23(20(25)27-4-2)11-15(14)28-19(16)22-17/h5-8,17,22H,3-4,9-11H2,1-2H3,(H,21,24)/t17-/m1/s1. The number of carbonyl (C=O) groups is 2. The second-order valence-electron chi connectivity index (χ2n) is 6.63. The topological polar surface area (TPSA) is 79.9 Å². The van der Waals surface area contributed by atoms with Crippen molar-refractivity contribution in [2.24, 2.45) is 0 Å². The van der Waals surface area contributed by atoms with Crippen LogP contribution in [0.1, 0.15) is 46.4 Å². The van der Waals surface area contributed by atoms with Gasteiger partial charge in [0.05, 0.1) is 25.3 Å². The van der Waals surface area contributed by atoms with Gasteiger partial charge in [0.15, 0.2) is 0 Å². The summed E-state index contributed by atoms with van der Waals surface area (Å²) in [6.45, 7) is 5.76. The SMILES string of the molecule is CCOC(=O)N1CCc2c(sc3c2C(=O)N[C@@H](c2ccc(OCC)cc2)N3)C1. The van der Waals surface area contributed by atoms with Crippen LogP contribution in [0.25, 0.3) is 0 Å². The Morgan fingerprint density at radius 3 is 2.71 bits per heavy atom. The molecule has 1 atom stereocenters. The molecule has 0 bridgehead atoms. The summed E-state index contributed by atoms with van der Waals surface area (Å²) in [5.74, 6) is 0.731. The molecule has 2 N–H and O–H groups in total. The monoisotopic (exact) mass is 401 g/mol. The number of rotatable bonds is 4. The number of thiophene rings is 1. The lowest BCUT2D eigenvalue weighted by Gasteiger charge is -2.28. The van der Waals surface area contributed by atoms with Crippen LogP contribution in [0, 0.1) is 0 Å². The van der Waals surface area contributed by atoms with Crippen LogP contribution in [0.3, 0.4) is 0 Å². The average molecular weight is 401 g/mol. The lowest BCUT2D eigenvalue weighted by molar-refractivity contribution is 0.0934. The van der Waals surface area contributed by atoms with E-state index in [1.807, 2.05) is 31.2 Å². The summed E-state index contributed by atoms with van der Waals surface area (Å²) in [5, 5.41) is 7.33. The van der Waals surface area contributed by atoms with E-state index in [9.17, 15) is 9.59 Å². The Morgan fingerprint density at radius 2 is 2.00 bits per heavy atom. The van der Waals surface area contributed by atoms with Crippen molar-refractivity contribution >= 4 is 28.3 Å². The zero-order valence-electron chi connectivity index (χ0n) is 15.9. The van der Waals surface area contributed by atoms with Gasteiger partial charge in [-0.3, -0.25) is 4.79 Å². The molecule has 0 spiro atoms. The average Bonchev–Trinajstić information content (AvgIpc) is 3.07. The van der Waals surface area contributed by atoms with Crippen molar-refractivity contribution in [3.05, 3.63) is 45.8 Å². The van der Waals surface area contributed by atoms with Gasteiger partial charge in [-0.05, 0) is 43.5 Å². The van der Waals surface area contributed by atoms with Crippen LogP contribution < -0.4 is 15.4 Å². The second kappa shape index (κ2) is 7.71. The predicted molar refractivity (Wildman–Crippen MR) is 107 cm³/mol. The van der Waals surface area contributed by atoms with Crippen LogP contribution in [0.4, 0.5) is 9.80 Å². The Kier molecular flexibility index (Phi) is 5.13. The van der Waals surface area contributed by atoms with Gasteiger partial charge in [-0.15, -0.1) is 11.3 Å². The first-order chi connectivity index (χ1) is 13.6. The van der Waals surface area contributed by atoms with Crippen LogP contribution in [0.2, 0.25) is 0 Å². The summed E-state index contributed by atoms with van der Waals surface area (Å²) in [5.41, 5.74) is 2.71. The predicted octanol–water partition coefficient (Wildman–Crippen LogP) is 3.52. The Hall–Kier alpha value is -2.74. The van der Waals surface area contributed by atoms with E-state index < -0.39 is 0 Å². The molecule has 2 amide bonds. The van der Waals surface area contributed by atoms with Crippen LogP contribution in [-0.2, 0) is 17.7 Å². The van der Waals surface area contributed by atoms with Gasteiger partial charge in [-0.25, -0.2) is 4.79 Å². The fourth-order valence-corrected chi connectivity index (χ4v) is 4.87. The van der Waals surface area contributed by atoms with E-state index in [1.165, 1.54) is 0 Å². The number of amides is 2. The highest BCUT2D eigenvalue weighted by atomic mass is 32.1. The Bertz CT molecular complexity index is 894. The van der Waals surface area contributed by atoms with E-state index in [1.54, 1.807) is 23.2 Å². The molecular formula is C20H23N3O4S. The number of carbonyl (C=O) groups excluding carboxylic acids is 2. The number of nitrogens with zero attached hydrogens (tertiary/aromatic N) is 1. The molecule has 2 aliphatic heterocycles. The lowest BCUT2D eigenvalue weighted by Crippen LogP contribution is -2.39. The molecule has 2 aromatic rings. The normalized spacial score (nSPS) is 17.9. The molecule has 0 radical (unpaired) electrons. The zero-order chi connectivity index (χ0) is 19.7. The van der Waals surface area contributed by atoms with Crippen molar-refractivity contribution < 1.29 is 19.1 Å². The molecule has 3 heterocycles. The minimum absolute atomic E-state index is 0.0743. The Morgan fingerprint density at radius 1 is 1.21 bits per heavy atom. The number of hydrogen-bond donors (Lipinski definition) is 2. The third kappa shape index (κ3) is 3.40. The van der Waals surface area contributed by atoms with Crippen molar-refractivity contribution in [1.29, 1.82) is 0 Å². The van der Waals surface area contributed by atoms with Crippen molar-refractivity contribution in [2.45, 2.75) is 33.0 Å². The van der Waals surface area contributed by atoms with E-state index >= 15 is 0 Å². The van der Waals surface area contributed by atoms with Crippen LogP contribution in [0.15, 0.2) is 24.3 Å². The third-order valence-electron chi connectivity index (χ3n) is 4.89. The fourth-order valence-electron chi connectivity index (χ4n) is 3.58. The lowest BCUT2D eigenvalue weighted by atomic mass is 10.0. The van der Waals surface area contributed by atoms with E-state index in [2.05, 4.69) is 10.6 Å².